The van der Waals surface area contributed by atoms with E-state index in [0.29, 0.717) is 15.9 Å². The van der Waals surface area contributed by atoms with E-state index in [2.05, 4.69) is 20.9 Å². The lowest BCUT2D eigenvalue weighted by Crippen LogP contribution is -2.11. The summed E-state index contributed by atoms with van der Waals surface area (Å²) in [7, 11) is 1.50. The molecule has 4 nitrogen and oxygen atoms in total. The first kappa shape index (κ1) is 8.99. The van der Waals surface area contributed by atoms with Gasteiger partial charge in [0.15, 0.2) is 0 Å². The van der Waals surface area contributed by atoms with Crippen LogP contribution in [0.3, 0.4) is 0 Å². The molecule has 0 bridgehead atoms. The first-order valence-corrected chi connectivity index (χ1v) is 3.93. The molecule has 64 valence electrons. The van der Waals surface area contributed by atoms with Crippen LogP contribution in [-0.2, 0) is 0 Å². The average Bonchev–Trinajstić information content (AvgIpc) is 2.04. The number of rotatable bonds is 2. The predicted molar refractivity (Wildman–Crippen MR) is 47.0 cm³/mol. The van der Waals surface area contributed by atoms with Gasteiger partial charge < -0.3 is 10.5 Å². The van der Waals surface area contributed by atoms with E-state index in [0.717, 1.165) is 0 Å². The fourth-order valence-corrected chi connectivity index (χ4v) is 1.22. The van der Waals surface area contributed by atoms with Crippen molar-refractivity contribution in [2.75, 3.05) is 7.11 Å². The van der Waals surface area contributed by atoms with Crippen LogP contribution in [0.4, 0.5) is 0 Å². The van der Waals surface area contributed by atoms with Crippen LogP contribution in [0.25, 0.3) is 0 Å². The number of primary amides is 1. The van der Waals surface area contributed by atoms with E-state index in [1.807, 2.05) is 0 Å². The van der Waals surface area contributed by atoms with Crippen molar-refractivity contribution in [3.05, 3.63) is 22.3 Å². The molecule has 0 aromatic carbocycles. The number of nitrogens with zero attached hydrogens (tertiary/aromatic N) is 1. The van der Waals surface area contributed by atoms with Gasteiger partial charge in [-0.25, -0.2) is 4.98 Å². The van der Waals surface area contributed by atoms with Gasteiger partial charge in [0.2, 0.25) is 11.8 Å². The highest BCUT2D eigenvalue weighted by Gasteiger charge is 2.05. The molecule has 0 atom stereocenters. The molecule has 1 amide bonds. The van der Waals surface area contributed by atoms with Gasteiger partial charge in [0.1, 0.15) is 0 Å². The van der Waals surface area contributed by atoms with Crippen LogP contribution in [0.2, 0.25) is 0 Å². The van der Waals surface area contributed by atoms with E-state index in [4.69, 9.17) is 10.5 Å². The second-order valence-corrected chi connectivity index (χ2v) is 2.93. The van der Waals surface area contributed by atoms with Crippen LogP contribution >= 0.6 is 15.9 Å². The molecule has 0 aliphatic rings. The van der Waals surface area contributed by atoms with Crippen molar-refractivity contribution < 1.29 is 9.53 Å². The van der Waals surface area contributed by atoms with Crippen molar-refractivity contribution in [3.8, 4) is 5.88 Å². The number of carbonyl (C=O) groups is 1. The van der Waals surface area contributed by atoms with Crippen molar-refractivity contribution >= 4 is 21.8 Å². The summed E-state index contributed by atoms with van der Waals surface area (Å²) in [6.45, 7) is 0. The van der Waals surface area contributed by atoms with Crippen molar-refractivity contribution in [2.45, 2.75) is 0 Å². The Morgan fingerprint density at radius 1 is 1.75 bits per heavy atom. The third kappa shape index (κ3) is 1.73. The van der Waals surface area contributed by atoms with Crippen LogP contribution in [-0.4, -0.2) is 18.0 Å². The zero-order valence-electron chi connectivity index (χ0n) is 6.37. The van der Waals surface area contributed by atoms with Crippen LogP contribution in [0, 0.1) is 0 Å². The number of hydrogen-bond acceptors (Lipinski definition) is 3. The fraction of sp³-hybridized carbons (Fsp3) is 0.143. The zero-order valence-corrected chi connectivity index (χ0v) is 7.96. The number of pyridine rings is 1. The molecular formula is C7H7BrN2O2. The first-order chi connectivity index (χ1) is 5.65. The topological polar surface area (TPSA) is 65.2 Å². The second-order valence-electron chi connectivity index (χ2n) is 2.08. The summed E-state index contributed by atoms with van der Waals surface area (Å²) in [5, 5.41) is 0. The predicted octanol–water partition coefficient (Wildman–Crippen LogP) is 0.952. The minimum absolute atomic E-state index is 0.350. The number of nitrogens with two attached hydrogens (primary N) is 1. The van der Waals surface area contributed by atoms with Crippen LogP contribution in [0.1, 0.15) is 10.4 Å². The van der Waals surface area contributed by atoms with E-state index < -0.39 is 5.91 Å². The number of hydrogen-bond donors (Lipinski definition) is 1. The van der Waals surface area contributed by atoms with E-state index in [-0.39, 0.29) is 0 Å². The van der Waals surface area contributed by atoms with Gasteiger partial charge >= 0.3 is 0 Å². The highest BCUT2D eigenvalue weighted by atomic mass is 79.9. The molecule has 0 unspecified atom stereocenters. The smallest absolute Gasteiger partial charge is 0.250 e. The van der Waals surface area contributed by atoms with Gasteiger partial charge in [-0.05, 0) is 22.0 Å². The molecule has 0 aliphatic carbocycles. The Bertz CT molecular complexity index is 314. The van der Waals surface area contributed by atoms with Gasteiger partial charge in [-0.15, -0.1) is 0 Å². The lowest BCUT2D eigenvalue weighted by atomic mass is 10.3. The maximum Gasteiger partial charge on any atom is 0.250 e. The standard InChI is InChI=1S/C7H7BrN2O2/c1-12-7-5(8)2-4(3-10-7)6(9)11/h2-3H,1H3,(H2,9,11). The van der Waals surface area contributed by atoms with Gasteiger partial charge in [-0.2, -0.15) is 0 Å². The lowest BCUT2D eigenvalue weighted by Gasteiger charge is -2.01. The molecule has 0 saturated carbocycles. The Morgan fingerprint density at radius 3 is 2.83 bits per heavy atom. The Balaban J connectivity index is 3.10. The monoisotopic (exact) mass is 230 g/mol. The molecule has 5 heteroatoms. The molecule has 1 aromatic heterocycles. The maximum atomic E-state index is 10.7. The van der Waals surface area contributed by atoms with E-state index >= 15 is 0 Å². The minimum atomic E-state index is -0.508. The number of halogens is 1. The Labute approximate surface area is 77.9 Å². The molecule has 2 N–H and O–H groups in total. The van der Waals surface area contributed by atoms with Gasteiger partial charge in [0, 0.05) is 6.20 Å². The van der Waals surface area contributed by atoms with Crippen molar-refractivity contribution in [1.29, 1.82) is 0 Å². The molecule has 0 spiro atoms. The SMILES string of the molecule is COc1ncc(C(N)=O)cc1Br. The molecule has 0 fully saturated rings. The fourth-order valence-electron chi connectivity index (χ4n) is 0.710. The summed E-state index contributed by atoms with van der Waals surface area (Å²) in [5.41, 5.74) is 5.38. The van der Waals surface area contributed by atoms with Gasteiger partial charge in [0.05, 0.1) is 17.1 Å². The average molecular weight is 231 g/mol. The van der Waals surface area contributed by atoms with Gasteiger partial charge in [-0.3, -0.25) is 4.79 Å². The zero-order chi connectivity index (χ0) is 9.14. The van der Waals surface area contributed by atoms with Crippen molar-refractivity contribution in [2.24, 2.45) is 5.73 Å². The summed E-state index contributed by atoms with van der Waals surface area (Å²) in [4.78, 5) is 14.5. The quantitative estimate of drug-likeness (QED) is 0.823. The molecule has 1 rings (SSSR count). The highest BCUT2D eigenvalue weighted by molar-refractivity contribution is 9.10. The number of aromatic nitrogens is 1. The summed E-state index contributed by atoms with van der Waals surface area (Å²) in [5.74, 6) is -0.0779. The number of methoxy groups -OCH3 is 1. The molecular weight excluding hydrogens is 224 g/mol. The number of amides is 1. The Morgan fingerprint density at radius 2 is 2.42 bits per heavy atom. The largest absolute Gasteiger partial charge is 0.480 e. The van der Waals surface area contributed by atoms with Crippen molar-refractivity contribution in [3.63, 3.8) is 0 Å². The van der Waals surface area contributed by atoms with Crippen LogP contribution < -0.4 is 10.5 Å². The van der Waals surface area contributed by atoms with E-state index in [1.54, 1.807) is 6.07 Å². The van der Waals surface area contributed by atoms with Gasteiger partial charge in [0.25, 0.3) is 0 Å². The third-order valence-electron chi connectivity index (χ3n) is 1.29. The maximum absolute atomic E-state index is 10.7. The van der Waals surface area contributed by atoms with Crippen LogP contribution in [0.15, 0.2) is 16.7 Å². The lowest BCUT2D eigenvalue weighted by molar-refractivity contribution is 0.1000. The third-order valence-corrected chi connectivity index (χ3v) is 1.85. The summed E-state index contributed by atoms with van der Waals surface area (Å²) in [6.07, 6.45) is 1.37. The summed E-state index contributed by atoms with van der Waals surface area (Å²) in [6, 6.07) is 1.56. The van der Waals surface area contributed by atoms with Crippen LogP contribution in [0.5, 0.6) is 5.88 Å². The second kappa shape index (κ2) is 3.53. The highest BCUT2D eigenvalue weighted by Crippen LogP contribution is 2.21. The first-order valence-electron chi connectivity index (χ1n) is 3.14. The number of ether oxygens (including phenoxy) is 1. The summed E-state index contributed by atoms with van der Waals surface area (Å²) < 4.78 is 5.48. The number of carbonyl (C=O) groups excluding carboxylic acids is 1. The Kier molecular flexibility index (Phi) is 2.65. The van der Waals surface area contributed by atoms with E-state index in [1.165, 1.54) is 13.3 Å². The normalized spacial score (nSPS) is 9.50. The molecule has 12 heavy (non-hydrogen) atoms. The van der Waals surface area contributed by atoms with Gasteiger partial charge in [-0.1, -0.05) is 0 Å². The molecule has 1 aromatic rings. The van der Waals surface area contributed by atoms with Crippen molar-refractivity contribution in [1.82, 2.24) is 4.98 Å². The van der Waals surface area contributed by atoms with E-state index in [9.17, 15) is 4.79 Å². The minimum Gasteiger partial charge on any atom is -0.480 e. The molecule has 1 heterocycles. The molecule has 0 aliphatic heterocycles. The Hall–Kier alpha value is -1.10. The molecule has 0 radical (unpaired) electrons. The molecule has 0 saturated heterocycles. The summed E-state index contributed by atoms with van der Waals surface area (Å²) >= 11 is 3.18.